The normalized spacial score (nSPS) is 12.2. The number of phenols is 1. The molecule has 26 heavy (non-hydrogen) atoms. The van der Waals surface area contributed by atoms with Crippen LogP contribution in [0.15, 0.2) is 48.5 Å². The topological polar surface area (TPSA) is 84.9 Å². The van der Waals surface area contributed by atoms with Gasteiger partial charge in [0.25, 0.3) is 5.91 Å². The van der Waals surface area contributed by atoms with Crippen LogP contribution in [0.1, 0.15) is 17.3 Å². The molecule has 0 fully saturated rings. The van der Waals surface area contributed by atoms with E-state index in [4.69, 9.17) is 4.74 Å². The Morgan fingerprint density at radius 1 is 1.12 bits per heavy atom. The molecule has 0 heterocycles. The third-order valence-electron chi connectivity index (χ3n) is 3.09. The zero-order valence-electron chi connectivity index (χ0n) is 13.4. The third kappa shape index (κ3) is 5.69. The molecule has 9 heteroatoms. The van der Waals surface area contributed by atoms with E-state index in [1.54, 1.807) is 0 Å². The molecule has 0 saturated heterocycles. The highest BCUT2D eigenvalue weighted by molar-refractivity contribution is 5.97. The molecule has 1 amide bonds. The van der Waals surface area contributed by atoms with E-state index in [-0.39, 0.29) is 17.0 Å². The van der Waals surface area contributed by atoms with E-state index < -0.39 is 30.1 Å². The van der Waals surface area contributed by atoms with Crippen molar-refractivity contribution in [2.45, 2.75) is 19.4 Å². The number of halogens is 3. The van der Waals surface area contributed by atoms with Crippen molar-refractivity contribution >= 4 is 17.6 Å². The lowest BCUT2D eigenvalue weighted by Crippen LogP contribution is -2.30. The second-order valence-electron chi connectivity index (χ2n) is 5.16. The SMILES string of the molecule is CC(OC(=O)c1cccc(O)c1)C(=O)Nc1ccc(OC(F)(F)F)cc1. The second kappa shape index (κ2) is 7.77. The van der Waals surface area contributed by atoms with Gasteiger partial charge in [-0.2, -0.15) is 0 Å². The fourth-order valence-electron chi connectivity index (χ4n) is 1.90. The molecule has 1 atom stereocenters. The summed E-state index contributed by atoms with van der Waals surface area (Å²) in [7, 11) is 0. The van der Waals surface area contributed by atoms with Gasteiger partial charge in [-0.15, -0.1) is 13.2 Å². The number of hydrogen-bond donors (Lipinski definition) is 2. The monoisotopic (exact) mass is 369 g/mol. The average molecular weight is 369 g/mol. The Bertz CT molecular complexity index is 790. The first kappa shape index (κ1) is 19.1. The molecule has 0 aliphatic heterocycles. The number of alkyl halides is 3. The van der Waals surface area contributed by atoms with E-state index in [9.17, 15) is 27.9 Å². The smallest absolute Gasteiger partial charge is 0.508 e. The van der Waals surface area contributed by atoms with Crippen LogP contribution in [-0.2, 0) is 9.53 Å². The van der Waals surface area contributed by atoms with Crippen LogP contribution < -0.4 is 10.1 Å². The van der Waals surface area contributed by atoms with Crippen LogP contribution in [0.2, 0.25) is 0 Å². The molecule has 0 spiro atoms. The number of benzene rings is 2. The molecule has 2 N–H and O–H groups in total. The molecule has 2 aromatic rings. The summed E-state index contributed by atoms with van der Waals surface area (Å²) in [5, 5.41) is 11.7. The molecular formula is C17H14F3NO5. The van der Waals surface area contributed by atoms with E-state index in [1.165, 1.54) is 43.3 Å². The van der Waals surface area contributed by atoms with Gasteiger partial charge in [0.1, 0.15) is 11.5 Å². The number of rotatable bonds is 5. The minimum Gasteiger partial charge on any atom is -0.508 e. The van der Waals surface area contributed by atoms with E-state index in [0.29, 0.717) is 0 Å². The van der Waals surface area contributed by atoms with Gasteiger partial charge >= 0.3 is 12.3 Å². The Balaban J connectivity index is 1.93. The second-order valence-corrected chi connectivity index (χ2v) is 5.16. The zero-order chi connectivity index (χ0) is 19.3. The Morgan fingerprint density at radius 3 is 2.35 bits per heavy atom. The number of aromatic hydroxyl groups is 1. The van der Waals surface area contributed by atoms with Gasteiger partial charge in [-0.3, -0.25) is 4.79 Å². The number of nitrogens with one attached hydrogen (secondary N) is 1. The summed E-state index contributed by atoms with van der Waals surface area (Å²) in [6.07, 6.45) is -5.98. The van der Waals surface area contributed by atoms with Crippen molar-refractivity contribution in [2.24, 2.45) is 0 Å². The summed E-state index contributed by atoms with van der Waals surface area (Å²) >= 11 is 0. The molecule has 0 bridgehead atoms. The summed E-state index contributed by atoms with van der Waals surface area (Å²) in [4.78, 5) is 23.9. The predicted octanol–water partition coefficient (Wildman–Crippen LogP) is 3.47. The highest BCUT2D eigenvalue weighted by atomic mass is 19.4. The Kier molecular flexibility index (Phi) is 5.71. The van der Waals surface area contributed by atoms with Crippen molar-refractivity contribution in [3.05, 3.63) is 54.1 Å². The number of amides is 1. The Morgan fingerprint density at radius 2 is 1.77 bits per heavy atom. The summed E-state index contributed by atoms with van der Waals surface area (Å²) < 4.78 is 45.0. The van der Waals surface area contributed by atoms with Crippen molar-refractivity contribution in [1.29, 1.82) is 0 Å². The lowest BCUT2D eigenvalue weighted by molar-refractivity contribution is -0.274. The molecular weight excluding hydrogens is 355 g/mol. The maximum absolute atomic E-state index is 12.1. The number of carbonyl (C=O) groups excluding carboxylic acids is 2. The Labute approximate surface area is 146 Å². The minimum absolute atomic E-state index is 0.0679. The van der Waals surface area contributed by atoms with Gasteiger partial charge in [0, 0.05) is 5.69 Å². The predicted molar refractivity (Wildman–Crippen MR) is 84.7 cm³/mol. The molecule has 2 rings (SSSR count). The summed E-state index contributed by atoms with van der Waals surface area (Å²) in [5.74, 6) is -2.04. The van der Waals surface area contributed by atoms with Crippen molar-refractivity contribution in [3.63, 3.8) is 0 Å². The maximum Gasteiger partial charge on any atom is 0.573 e. The van der Waals surface area contributed by atoms with Crippen LogP contribution in [0.3, 0.4) is 0 Å². The van der Waals surface area contributed by atoms with E-state index >= 15 is 0 Å². The van der Waals surface area contributed by atoms with Gasteiger partial charge < -0.3 is 19.9 Å². The number of ether oxygens (including phenoxy) is 2. The Hall–Kier alpha value is -3.23. The summed E-state index contributed by atoms with van der Waals surface area (Å²) in [6, 6.07) is 9.91. The highest BCUT2D eigenvalue weighted by Gasteiger charge is 2.31. The third-order valence-corrected chi connectivity index (χ3v) is 3.09. The van der Waals surface area contributed by atoms with Gasteiger partial charge in [0.15, 0.2) is 6.10 Å². The van der Waals surface area contributed by atoms with Gasteiger partial charge in [0.05, 0.1) is 5.56 Å². The van der Waals surface area contributed by atoms with Crippen LogP contribution in [0.5, 0.6) is 11.5 Å². The number of anilines is 1. The van der Waals surface area contributed by atoms with Crippen LogP contribution in [0.25, 0.3) is 0 Å². The number of esters is 1. The van der Waals surface area contributed by atoms with Gasteiger partial charge in [-0.1, -0.05) is 6.07 Å². The molecule has 0 aliphatic rings. The molecule has 0 radical (unpaired) electrons. The van der Waals surface area contributed by atoms with Crippen molar-refractivity contribution in [3.8, 4) is 11.5 Å². The van der Waals surface area contributed by atoms with E-state index in [0.717, 1.165) is 12.1 Å². The zero-order valence-corrected chi connectivity index (χ0v) is 13.4. The lowest BCUT2D eigenvalue weighted by atomic mass is 10.2. The standard InChI is InChI=1S/C17H14F3NO5/c1-10(25-16(24)11-3-2-4-13(22)9-11)15(23)21-12-5-7-14(8-6-12)26-17(18,19)20/h2-10,22H,1H3,(H,21,23). The highest BCUT2D eigenvalue weighted by Crippen LogP contribution is 2.24. The quantitative estimate of drug-likeness (QED) is 0.789. The van der Waals surface area contributed by atoms with Gasteiger partial charge in [-0.25, -0.2) is 4.79 Å². The summed E-state index contributed by atoms with van der Waals surface area (Å²) in [6.45, 7) is 1.33. The molecule has 138 valence electrons. The van der Waals surface area contributed by atoms with E-state index in [1.807, 2.05) is 0 Å². The van der Waals surface area contributed by atoms with Crippen molar-refractivity contribution in [2.75, 3.05) is 5.32 Å². The first-order valence-corrected chi connectivity index (χ1v) is 7.31. The molecule has 1 unspecified atom stereocenters. The molecule has 6 nitrogen and oxygen atoms in total. The van der Waals surface area contributed by atoms with Crippen molar-refractivity contribution < 1.29 is 37.3 Å². The minimum atomic E-state index is -4.81. The maximum atomic E-state index is 12.1. The first-order valence-electron chi connectivity index (χ1n) is 7.31. The summed E-state index contributed by atoms with van der Waals surface area (Å²) in [5.41, 5.74) is 0.267. The molecule has 0 aliphatic carbocycles. The van der Waals surface area contributed by atoms with Crippen LogP contribution >= 0.6 is 0 Å². The van der Waals surface area contributed by atoms with Crippen LogP contribution in [0, 0.1) is 0 Å². The van der Waals surface area contributed by atoms with Crippen LogP contribution in [-0.4, -0.2) is 29.4 Å². The first-order chi connectivity index (χ1) is 12.1. The molecule has 0 saturated carbocycles. The molecule has 2 aromatic carbocycles. The van der Waals surface area contributed by atoms with Crippen molar-refractivity contribution in [1.82, 2.24) is 0 Å². The van der Waals surface area contributed by atoms with Crippen LogP contribution in [0.4, 0.5) is 18.9 Å². The lowest BCUT2D eigenvalue weighted by Gasteiger charge is -2.14. The van der Waals surface area contributed by atoms with Gasteiger partial charge in [0.2, 0.25) is 0 Å². The number of hydrogen-bond acceptors (Lipinski definition) is 5. The largest absolute Gasteiger partial charge is 0.573 e. The number of phenolic OH excluding ortho intramolecular Hbond substituents is 1. The number of carbonyl (C=O) groups is 2. The average Bonchev–Trinajstić information content (AvgIpc) is 2.55. The fraction of sp³-hybridized carbons (Fsp3) is 0.176. The van der Waals surface area contributed by atoms with E-state index in [2.05, 4.69) is 10.1 Å². The fourth-order valence-corrected chi connectivity index (χ4v) is 1.90. The molecule has 0 aromatic heterocycles. The van der Waals surface area contributed by atoms with Gasteiger partial charge in [-0.05, 0) is 49.4 Å².